The van der Waals surface area contributed by atoms with E-state index in [-0.39, 0.29) is 29.7 Å². The van der Waals surface area contributed by atoms with Gasteiger partial charge in [-0.15, -0.1) is 0 Å². The molecule has 0 atom stereocenters. The molecule has 0 saturated carbocycles. The lowest BCUT2D eigenvalue weighted by Gasteiger charge is -2.34. The third-order valence-corrected chi connectivity index (χ3v) is 7.85. The van der Waals surface area contributed by atoms with Crippen LogP contribution in [0.25, 0.3) is 10.9 Å². The second-order valence-electron chi connectivity index (χ2n) is 8.02. The predicted molar refractivity (Wildman–Crippen MR) is 125 cm³/mol. The minimum absolute atomic E-state index is 0.0560. The highest BCUT2D eigenvalue weighted by atomic mass is 32.2. The number of benzene rings is 2. The van der Waals surface area contributed by atoms with Crippen molar-refractivity contribution in [1.82, 2.24) is 14.2 Å². The predicted octanol–water partition coefficient (Wildman–Crippen LogP) is 2.47. The first-order chi connectivity index (χ1) is 15.2. The fourth-order valence-electron chi connectivity index (χ4n) is 4.07. The van der Waals surface area contributed by atoms with Crippen LogP contribution in [0.3, 0.4) is 0 Å². The van der Waals surface area contributed by atoms with Crippen LogP contribution in [-0.4, -0.2) is 60.5 Å². The Bertz CT molecular complexity index is 1290. The number of hydrogen-bond acceptors (Lipinski definition) is 4. The number of piperazine rings is 1. The average molecular weight is 454 g/mol. The Labute approximate surface area is 187 Å². The molecule has 3 aromatic rings. The van der Waals surface area contributed by atoms with Crippen molar-refractivity contribution < 1.29 is 13.2 Å². The lowest BCUT2D eigenvalue weighted by molar-refractivity contribution is 0.0699. The number of sulfonamides is 1. The Kier molecular flexibility index (Phi) is 5.79. The zero-order chi connectivity index (χ0) is 23.0. The highest BCUT2D eigenvalue weighted by molar-refractivity contribution is 7.89. The lowest BCUT2D eigenvalue weighted by atomic mass is 10.0. The van der Waals surface area contributed by atoms with Gasteiger partial charge in [0.2, 0.25) is 10.0 Å². The Morgan fingerprint density at radius 3 is 2.34 bits per heavy atom. The summed E-state index contributed by atoms with van der Waals surface area (Å²) in [7, 11) is -3.59. The normalized spacial score (nSPS) is 15.2. The summed E-state index contributed by atoms with van der Waals surface area (Å²) in [6.07, 6.45) is 0.646. The third-order valence-electron chi connectivity index (χ3n) is 5.94. The van der Waals surface area contributed by atoms with Gasteiger partial charge in [0.15, 0.2) is 0 Å². The maximum absolute atomic E-state index is 13.5. The zero-order valence-electron chi connectivity index (χ0n) is 18.2. The molecule has 0 unspecified atom stereocenters. The van der Waals surface area contributed by atoms with E-state index >= 15 is 0 Å². The molecule has 1 aromatic heterocycles. The van der Waals surface area contributed by atoms with Gasteiger partial charge < -0.3 is 15.6 Å². The fourth-order valence-corrected chi connectivity index (χ4v) is 5.50. The van der Waals surface area contributed by atoms with E-state index in [4.69, 9.17) is 11.1 Å². The van der Waals surface area contributed by atoms with Crippen molar-refractivity contribution in [1.29, 1.82) is 5.41 Å². The van der Waals surface area contributed by atoms with E-state index < -0.39 is 10.0 Å². The molecule has 0 radical (unpaired) electrons. The van der Waals surface area contributed by atoms with Crippen LogP contribution in [0.1, 0.15) is 34.1 Å². The molecule has 168 valence electrons. The van der Waals surface area contributed by atoms with E-state index in [0.717, 1.165) is 22.2 Å². The number of amides is 1. The van der Waals surface area contributed by atoms with Gasteiger partial charge in [0.05, 0.1) is 10.5 Å². The van der Waals surface area contributed by atoms with E-state index in [0.29, 0.717) is 30.6 Å². The lowest BCUT2D eigenvalue weighted by Crippen LogP contribution is -2.50. The molecule has 0 bridgehead atoms. The first-order valence-electron chi connectivity index (χ1n) is 10.6. The van der Waals surface area contributed by atoms with Crippen LogP contribution in [0.15, 0.2) is 47.4 Å². The quantitative estimate of drug-likeness (QED) is 0.405. The van der Waals surface area contributed by atoms with Crippen molar-refractivity contribution in [2.75, 3.05) is 26.2 Å². The summed E-state index contributed by atoms with van der Waals surface area (Å²) in [5.74, 6) is -0.194. The molecule has 1 saturated heterocycles. The topological polar surface area (TPSA) is 123 Å². The summed E-state index contributed by atoms with van der Waals surface area (Å²) in [6, 6.07) is 12.1. The van der Waals surface area contributed by atoms with Gasteiger partial charge in [-0.3, -0.25) is 10.2 Å². The number of H-pyrrole nitrogens is 1. The van der Waals surface area contributed by atoms with Crippen molar-refractivity contribution in [3.8, 4) is 0 Å². The molecule has 2 aromatic carbocycles. The maximum atomic E-state index is 13.5. The summed E-state index contributed by atoms with van der Waals surface area (Å²) in [5.41, 5.74) is 9.40. The number of aromatic amines is 1. The monoisotopic (exact) mass is 453 g/mol. The number of nitrogen functional groups attached to an aromatic ring is 1. The van der Waals surface area contributed by atoms with Crippen molar-refractivity contribution in [3.05, 3.63) is 64.8 Å². The Hall–Kier alpha value is -3.17. The molecule has 1 aliphatic rings. The Balaban J connectivity index is 1.57. The number of rotatable bonds is 5. The van der Waals surface area contributed by atoms with Gasteiger partial charge in [-0.25, -0.2) is 8.42 Å². The number of amidine groups is 1. The van der Waals surface area contributed by atoms with Crippen molar-refractivity contribution in [2.45, 2.75) is 25.2 Å². The molecule has 32 heavy (non-hydrogen) atoms. The van der Waals surface area contributed by atoms with Gasteiger partial charge in [0.1, 0.15) is 5.84 Å². The molecule has 8 nitrogen and oxygen atoms in total. The summed E-state index contributed by atoms with van der Waals surface area (Å²) < 4.78 is 27.4. The summed E-state index contributed by atoms with van der Waals surface area (Å²) in [5, 5.41) is 8.44. The fraction of sp³-hybridized carbons (Fsp3) is 0.304. The first kappa shape index (κ1) is 22.0. The molecule has 0 spiro atoms. The van der Waals surface area contributed by atoms with E-state index in [1.54, 1.807) is 41.3 Å². The number of nitrogens with two attached hydrogens (primary N) is 1. The van der Waals surface area contributed by atoms with Crippen molar-refractivity contribution in [2.24, 2.45) is 5.73 Å². The van der Waals surface area contributed by atoms with E-state index in [1.165, 1.54) is 4.31 Å². The van der Waals surface area contributed by atoms with E-state index in [2.05, 4.69) is 4.98 Å². The molecule has 4 rings (SSSR count). The Morgan fingerprint density at radius 1 is 1.09 bits per heavy atom. The molecule has 1 aliphatic heterocycles. The van der Waals surface area contributed by atoms with Crippen LogP contribution in [0, 0.1) is 12.3 Å². The second-order valence-corrected chi connectivity index (χ2v) is 9.95. The first-order valence-corrected chi connectivity index (χ1v) is 12.0. The molecular formula is C23H27N5O3S. The van der Waals surface area contributed by atoms with Crippen LogP contribution in [0.2, 0.25) is 0 Å². The van der Waals surface area contributed by atoms with Gasteiger partial charge in [-0.2, -0.15) is 4.31 Å². The molecule has 0 aliphatic carbocycles. The van der Waals surface area contributed by atoms with Crippen LogP contribution < -0.4 is 5.73 Å². The van der Waals surface area contributed by atoms with E-state index in [9.17, 15) is 13.2 Å². The number of carbonyl (C=O) groups excluding carboxylic acids is 1. The number of aromatic nitrogens is 1. The smallest absolute Gasteiger partial charge is 0.256 e. The SMILES string of the molecule is CCc1[nH]c2ccc(C(=N)N)cc2c1C(=O)N1CCN(S(=O)(=O)c2ccc(C)cc2)CC1. The number of hydrogen-bond donors (Lipinski definition) is 3. The van der Waals surface area contributed by atoms with Gasteiger partial charge >= 0.3 is 0 Å². The average Bonchev–Trinajstić information content (AvgIpc) is 3.16. The minimum Gasteiger partial charge on any atom is -0.384 e. The molecule has 1 amide bonds. The van der Waals surface area contributed by atoms with E-state index in [1.807, 2.05) is 19.9 Å². The van der Waals surface area contributed by atoms with Crippen LogP contribution >= 0.6 is 0 Å². The molecule has 9 heteroatoms. The largest absolute Gasteiger partial charge is 0.384 e. The summed E-state index contributed by atoms with van der Waals surface area (Å²) >= 11 is 0. The molecule has 4 N–H and O–H groups in total. The number of aryl methyl sites for hydroxylation is 2. The minimum atomic E-state index is -3.59. The number of nitrogens with one attached hydrogen (secondary N) is 2. The summed E-state index contributed by atoms with van der Waals surface area (Å²) in [4.78, 5) is 18.7. The molecule has 2 heterocycles. The standard InChI is InChI=1S/C23H27N5O3S/c1-3-19-21(18-14-16(22(24)25)6-9-20(18)26-19)23(29)27-10-12-28(13-11-27)32(30,31)17-7-4-15(2)5-8-17/h4-9,14,26H,3,10-13H2,1-2H3,(H3,24,25). The number of fused-ring (bicyclic) bond motifs is 1. The van der Waals surface area contributed by atoms with Crippen LogP contribution in [0.5, 0.6) is 0 Å². The van der Waals surface area contributed by atoms with Crippen LogP contribution in [-0.2, 0) is 16.4 Å². The van der Waals surface area contributed by atoms with Gasteiger partial charge in [-0.05, 0) is 43.7 Å². The Morgan fingerprint density at radius 2 is 1.75 bits per heavy atom. The molecule has 1 fully saturated rings. The zero-order valence-corrected chi connectivity index (χ0v) is 19.0. The van der Waals surface area contributed by atoms with Gasteiger partial charge in [0.25, 0.3) is 5.91 Å². The second kappa shape index (κ2) is 8.40. The highest BCUT2D eigenvalue weighted by Gasteiger charge is 2.32. The number of nitrogens with zero attached hydrogens (tertiary/aromatic N) is 2. The molecular weight excluding hydrogens is 426 g/mol. The van der Waals surface area contributed by atoms with Crippen LogP contribution in [0.4, 0.5) is 0 Å². The maximum Gasteiger partial charge on any atom is 0.256 e. The number of carbonyl (C=O) groups is 1. The van der Waals surface area contributed by atoms with Crippen molar-refractivity contribution in [3.63, 3.8) is 0 Å². The van der Waals surface area contributed by atoms with Gasteiger partial charge in [0, 0.05) is 48.3 Å². The van der Waals surface area contributed by atoms with Crippen molar-refractivity contribution >= 4 is 32.7 Å². The van der Waals surface area contributed by atoms with Gasteiger partial charge in [-0.1, -0.05) is 24.6 Å². The summed E-state index contributed by atoms with van der Waals surface area (Å²) in [6.45, 7) is 4.99. The highest BCUT2D eigenvalue weighted by Crippen LogP contribution is 2.27. The third kappa shape index (κ3) is 3.89.